The molecule has 3 rings (SSSR count). The van der Waals surface area contributed by atoms with Gasteiger partial charge in [-0.1, -0.05) is 36.4 Å². The number of phenols is 1. The average Bonchev–Trinajstić information content (AvgIpc) is 2.76. The summed E-state index contributed by atoms with van der Waals surface area (Å²) in [6.45, 7) is 0.596. The first-order valence-corrected chi connectivity index (χ1v) is 12.1. The van der Waals surface area contributed by atoms with E-state index in [-0.39, 0.29) is 24.8 Å². The summed E-state index contributed by atoms with van der Waals surface area (Å²) in [7, 11) is -4.26. The molecule has 0 saturated heterocycles. The minimum atomic E-state index is -4.26. The summed E-state index contributed by atoms with van der Waals surface area (Å²) in [6.07, 6.45) is 3.24. The summed E-state index contributed by atoms with van der Waals surface area (Å²) < 4.78 is 39.1. The Morgan fingerprint density at radius 3 is 2.52 bits per heavy atom. The van der Waals surface area contributed by atoms with Crippen molar-refractivity contribution in [2.24, 2.45) is 10.7 Å². The van der Waals surface area contributed by atoms with Crippen LogP contribution in [-0.4, -0.2) is 47.2 Å². The first-order valence-electron chi connectivity index (χ1n) is 10.6. The Labute approximate surface area is 193 Å². The first-order chi connectivity index (χ1) is 15.7. The quantitative estimate of drug-likeness (QED) is 0.259. The molecule has 1 aliphatic heterocycles. The van der Waals surface area contributed by atoms with Gasteiger partial charge in [0.05, 0.1) is 11.4 Å². The largest absolute Gasteiger partial charge is 0.508 e. The number of phenolic OH excluding ortho intramolecular Hbond substituents is 1. The molecule has 3 atom stereocenters. The number of hydrogen-bond donors (Lipinski definition) is 5. The number of nitrogens with zero attached hydrogens (tertiary/aromatic N) is 1. The lowest BCUT2D eigenvalue weighted by molar-refractivity contribution is 0.173. The van der Waals surface area contributed by atoms with Crippen LogP contribution in [0.15, 0.2) is 65.7 Å². The van der Waals surface area contributed by atoms with E-state index < -0.39 is 21.5 Å². The van der Waals surface area contributed by atoms with Crippen molar-refractivity contribution >= 4 is 16.1 Å². The van der Waals surface area contributed by atoms with E-state index in [9.17, 15) is 23.2 Å². The minimum absolute atomic E-state index is 0.0610. The highest BCUT2D eigenvalue weighted by Crippen LogP contribution is 2.21. The third-order valence-electron chi connectivity index (χ3n) is 5.31. The Balaban J connectivity index is 1.53. The number of hydrogen-bond acceptors (Lipinski definition) is 8. The molecular weight excluding hydrogens is 446 g/mol. The van der Waals surface area contributed by atoms with Gasteiger partial charge in [0.2, 0.25) is 0 Å². The summed E-state index contributed by atoms with van der Waals surface area (Å²) in [5, 5.41) is 21.5. The van der Waals surface area contributed by atoms with Crippen molar-refractivity contribution in [2.45, 2.75) is 43.3 Å². The number of nitrogens with one attached hydrogen (secondary N) is 1. The number of rotatable bonds is 10. The van der Waals surface area contributed by atoms with Gasteiger partial charge in [0.1, 0.15) is 11.5 Å². The third kappa shape index (κ3) is 7.77. The molecule has 9 nitrogen and oxygen atoms in total. The van der Waals surface area contributed by atoms with Gasteiger partial charge in [-0.25, -0.2) is 0 Å². The van der Waals surface area contributed by atoms with Gasteiger partial charge in [-0.3, -0.25) is 9.55 Å². The van der Waals surface area contributed by atoms with E-state index >= 15 is 0 Å². The molecule has 0 saturated carbocycles. The highest BCUT2D eigenvalue weighted by Gasteiger charge is 2.22. The second kappa shape index (κ2) is 11.2. The fourth-order valence-electron chi connectivity index (χ4n) is 3.43. The summed E-state index contributed by atoms with van der Waals surface area (Å²) in [5.41, 5.74) is 7.12. The van der Waals surface area contributed by atoms with Crippen molar-refractivity contribution in [1.29, 1.82) is 0 Å². The number of ether oxygens (including phenoxy) is 1. The van der Waals surface area contributed by atoms with Gasteiger partial charge in [0.15, 0.2) is 12.2 Å². The molecule has 2 aromatic carbocycles. The van der Waals surface area contributed by atoms with Crippen molar-refractivity contribution in [3.63, 3.8) is 0 Å². The average molecular weight is 476 g/mol. The molecule has 0 spiro atoms. The molecule has 0 aliphatic carbocycles. The van der Waals surface area contributed by atoms with Gasteiger partial charge in [0, 0.05) is 13.0 Å². The van der Waals surface area contributed by atoms with Gasteiger partial charge in [-0.15, -0.1) is 0 Å². The summed E-state index contributed by atoms with van der Waals surface area (Å²) in [4.78, 5) is 4.05. The number of aliphatic hydroxyl groups excluding tert-OH is 1. The number of allylic oxidation sites excluding steroid dienone is 1. The first kappa shape index (κ1) is 24.6. The summed E-state index contributed by atoms with van der Waals surface area (Å²) >= 11 is 0. The number of benzene rings is 2. The van der Waals surface area contributed by atoms with Crippen molar-refractivity contribution in [1.82, 2.24) is 5.32 Å². The fraction of sp³-hybridized carbons (Fsp3) is 0.348. The lowest BCUT2D eigenvalue weighted by Gasteiger charge is -2.23. The van der Waals surface area contributed by atoms with Crippen LogP contribution in [0.3, 0.4) is 0 Å². The number of aliphatic hydroxyl groups is 1. The number of aromatic hydroxyl groups is 1. The number of aliphatic imine (C=N–C) groups is 1. The van der Waals surface area contributed by atoms with Crippen LogP contribution >= 0.6 is 0 Å². The maximum absolute atomic E-state index is 11.8. The van der Waals surface area contributed by atoms with Crippen LogP contribution in [-0.2, 0) is 16.5 Å². The Bertz CT molecular complexity index is 1070. The lowest BCUT2D eigenvalue weighted by atomic mass is 10.1. The molecule has 0 radical (unpaired) electrons. The summed E-state index contributed by atoms with van der Waals surface area (Å²) in [5.74, 6) is 1.10. The highest BCUT2D eigenvalue weighted by atomic mass is 32.2. The monoisotopic (exact) mass is 475 g/mol. The van der Waals surface area contributed by atoms with Crippen LogP contribution in [0.25, 0.3) is 0 Å². The predicted octanol–water partition coefficient (Wildman–Crippen LogP) is 2.27. The van der Waals surface area contributed by atoms with Crippen LogP contribution in [0.2, 0.25) is 0 Å². The van der Waals surface area contributed by atoms with Gasteiger partial charge in [-0.2, -0.15) is 8.42 Å². The molecule has 178 valence electrons. The fourth-order valence-corrected chi connectivity index (χ4v) is 4.20. The maximum atomic E-state index is 11.8. The van der Waals surface area contributed by atoms with E-state index in [1.165, 1.54) is 18.2 Å². The maximum Gasteiger partial charge on any atom is 0.268 e. The zero-order valence-electron chi connectivity index (χ0n) is 18.0. The van der Waals surface area contributed by atoms with E-state index in [1.54, 1.807) is 30.3 Å². The minimum Gasteiger partial charge on any atom is -0.508 e. The predicted molar refractivity (Wildman–Crippen MR) is 126 cm³/mol. The van der Waals surface area contributed by atoms with Crippen LogP contribution in [0, 0.1) is 0 Å². The van der Waals surface area contributed by atoms with Crippen molar-refractivity contribution in [3.05, 3.63) is 71.8 Å². The Morgan fingerprint density at radius 1 is 1.18 bits per heavy atom. The molecule has 1 heterocycles. The summed E-state index contributed by atoms with van der Waals surface area (Å²) in [6, 6.07) is 13.4. The SMILES string of the molecule is NC1=NCC[C@@H](Oc2ccc(CC[C@H](CC=C[C@@H](O)c3ccc(O)cc3)S(=O)(=O)O)cc2)N1. The molecular formula is C23H29N3O6S. The van der Waals surface area contributed by atoms with Crippen LogP contribution < -0.4 is 15.8 Å². The molecule has 6 N–H and O–H groups in total. The van der Waals surface area contributed by atoms with Gasteiger partial charge >= 0.3 is 0 Å². The molecule has 2 aromatic rings. The molecule has 0 unspecified atom stereocenters. The van der Waals surface area contributed by atoms with Crippen LogP contribution in [0.5, 0.6) is 11.5 Å². The van der Waals surface area contributed by atoms with Crippen LogP contribution in [0.4, 0.5) is 0 Å². The number of aryl methyl sites for hydroxylation is 1. The zero-order chi connectivity index (χ0) is 23.8. The topological polar surface area (TPSA) is 154 Å². The molecule has 0 bridgehead atoms. The van der Waals surface area contributed by atoms with E-state index in [0.717, 1.165) is 5.56 Å². The van der Waals surface area contributed by atoms with E-state index in [4.69, 9.17) is 10.5 Å². The van der Waals surface area contributed by atoms with E-state index in [1.807, 2.05) is 12.1 Å². The third-order valence-corrected chi connectivity index (χ3v) is 6.58. The van der Waals surface area contributed by atoms with Gasteiger partial charge in [-0.05, 0) is 54.7 Å². The molecule has 0 aromatic heterocycles. The molecule has 10 heteroatoms. The van der Waals surface area contributed by atoms with Crippen LogP contribution in [0.1, 0.15) is 36.5 Å². The number of nitrogens with two attached hydrogens (primary N) is 1. The lowest BCUT2D eigenvalue weighted by Crippen LogP contribution is -2.46. The van der Waals surface area contributed by atoms with E-state index in [0.29, 0.717) is 36.7 Å². The van der Waals surface area contributed by atoms with Crippen molar-refractivity contribution in [3.8, 4) is 11.5 Å². The highest BCUT2D eigenvalue weighted by molar-refractivity contribution is 7.86. The van der Waals surface area contributed by atoms with Gasteiger partial charge < -0.3 is 26.0 Å². The van der Waals surface area contributed by atoms with Crippen molar-refractivity contribution < 1.29 is 27.9 Å². The Kier molecular flexibility index (Phi) is 8.32. The molecule has 1 aliphatic rings. The standard InChI is InChI=1S/C23H29N3O6S/c24-23-25-15-14-22(26-23)32-19-11-4-16(5-12-19)6-13-20(33(29,30)31)2-1-3-21(28)17-7-9-18(27)10-8-17/h1,3-5,7-12,20-22,27-28H,2,6,13-15H2,(H3,24,25,26)(H,29,30,31)/t20-,21+,22+/m0/s1. The zero-order valence-corrected chi connectivity index (χ0v) is 18.9. The number of guanidine groups is 1. The molecule has 33 heavy (non-hydrogen) atoms. The normalized spacial score (nSPS) is 18.4. The molecule has 0 amide bonds. The Morgan fingerprint density at radius 2 is 1.88 bits per heavy atom. The second-order valence-corrected chi connectivity index (χ2v) is 9.52. The van der Waals surface area contributed by atoms with Crippen molar-refractivity contribution in [2.75, 3.05) is 6.54 Å². The Hall–Kier alpha value is -3.08. The molecule has 0 fully saturated rings. The van der Waals surface area contributed by atoms with Gasteiger partial charge in [0.25, 0.3) is 10.1 Å². The van der Waals surface area contributed by atoms with E-state index in [2.05, 4.69) is 10.3 Å². The smallest absolute Gasteiger partial charge is 0.268 e. The second-order valence-electron chi connectivity index (χ2n) is 7.83.